The Morgan fingerprint density at radius 1 is 1.10 bits per heavy atom. The molecule has 3 rings (SSSR count). The average molecular weight is 301 g/mol. The Hall–Kier alpha value is -2.40. The lowest BCUT2D eigenvalue weighted by atomic mass is 10.00. The van der Waals surface area contributed by atoms with Crippen LogP contribution in [0.25, 0.3) is 22.4 Å². The highest BCUT2D eigenvalue weighted by atomic mass is 35.5. The number of aryl methyl sites for hydroxylation is 2. The van der Waals surface area contributed by atoms with E-state index in [1.165, 1.54) is 0 Å². The normalized spacial score (nSPS) is 10.8. The summed E-state index contributed by atoms with van der Waals surface area (Å²) >= 11 is 6.27. The van der Waals surface area contributed by atoms with E-state index in [2.05, 4.69) is 15.4 Å². The zero-order chi connectivity index (χ0) is 15.0. The van der Waals surface area contributed by atoms with Gasteiger partial charge in [0.15, 0.2) is 0 Å². The monoisotopic (exact) mass is 300 g/mol. The summed E-state index contributed by atoms with van der Waals surface area (Å²) in [7, 11) is 0. The molecule has 0 fully saturated rings. The maximum atomic E-state index is 6.27. The Morgan fingerprint density at radius 3 is 2.62 bits per heavy atom. The molecule has 106 valence electrons. The second-order valence-electron chi connectivity index (χ2n) is 4.74. The topological polar surface area (TPSA) is 77.8 Å². The van der Waals surface area contributed by atoms with Crippen LogP contribution in [0.15, 0.2) is 34.9 Å². The molecule has 0 aliphatic carbocycles. The van der Waals surface area contributed by atoms with Crippen molar-refractivity contribution in [3.8, 4) is 22.4 Å². The largest absolute Gasteiger partial charge is 0.367 e. The lowest BCUT2D eigenvalue weighted by Crippen LogP contribution is -1.96. The van der Waals surface area contributed by atoms with E-state index in [0.29, 0.717) is 16.3 Å². The Balaban J connectivity index is 2.27. The highest BCUT2D eigenvalue weighted by Crippen LogP contribution is 2.40. The standard InChI is InChI=1S/C15H13ClN4O/c1-8-7-11(9(2)19-18-8)14-13(15(17)21-20-14)10-5-3-4-6-12(10)16/h3-7H,17H2,1-2H3. The van der Waals surface area contributed by atoms with Crippen molar-refractivity contribution in [2.45, 2.75) is 13.8 Å². The Labute approximate surface area is 126 Å². The molecule has 0 saturated carbocycles. The third-order valence-corrected chi connectivity index (χ3v) is 3.55. The number of aromatic nitrogens is 3. The molecule has 0 aliphatic rings. The number of rotatable bonds is 2. The first-order valence-electron chi connectivity index (χ1n) is 6.39. The van der Waals surface area contributed by atoms with Gasteiger partial charge >= 0.3 is 0 Å². The van der Waals surface area contributed by atoms with Crippen molar-refractivity contribution in [2.75, 3.05) is 5.73 Å². The fourth-order valence-electron chi connectivity index (χ4n) is 2.20. The van der Waals surface area contributed by atoms with Crippen LogP contribution in [-0.4, -0.2) is 15.4 Å². The third kappa shape index (κ3) is 2.36. The molecule has 3 aromatic rings. The predicted octanol–water partition coefficient (Wildman–Crippen LogP) is 3.65. The van der Waals surface area contributed by atoms with E-state index >= 15 is 0 Å². The highest BCUT2D eigenvalue weighted by molar-refractivity contribution is 6.33. The lowest BCUT2D eigenvalue weighted by molar-refractivity contribution is 0.439. The first-order valence-corrected chi connectivity index (χ1v) is 6.77. The zero-order valence-electron chi connectivity index (χ0n) is 11.6. The Kier molecular flexibility index (Phi) is 3.35. The molecule has 0 amide bonds. The van der Waals surface area contributed by atoms with Gasteiger partial charge in [0.2, 0.25) is 5.88 Å². The minimum atomic E-state index is 0.229. The molecule has 0 saturated heterocycles. The molecule has 0 radical (unpaired) electrons. The van der Waals surface area contributed by atoms with Gasteiger partial charge < -0.3 is 10.3 Å². The molecule has 0 unspecified atom stereocenters. The predicted molar refractivity (Wildman–Crippen MR) is 81.9 cm³/mol. The highest BCUT2D eigenvalue weighted by Gasteiger charge is 2.21. The summed E-state index contributed by atoms with van der Waals surface area (Å²) in [6.45, 7) is 3.73. The van der Waals surface area contributed by atoms with Crippen molar-refractivity contribution in [3.05, 3.63) is 46.7 Å². The number of benzene rings is 1. The number of hydrogen-bond donors (Lipinski definition) is 1. The van der Waals surface area contributed by atoms with Crippen molar-refractivity contribution >= 4 is 17.5 Å². The number of nitrogens with zero attached hydrogens (tertiary/aromatic N) is 3. The molecule has 0 bridgehead atoms. The van der Waals surface area contributed by atoms with Gasteiger partial charge in [-0.05, 0) is 26.0 Å². The van der Waals surface area contributed by atoms with Crippen molar-refractivity contribution in [1.82, 2.24) is 15.4 Å². The van der Waals surface area contributed by atoms with Crippen molar-refractivity contribution in [2.24, 2.45) is 0 Å². The van der Waals surface area contributed by atoms with E-state index in [1.54, 1.807) is 6.07 Å². The van der Waals surface area contributed by atoms with E-state index < -0.39 is 0 Å². The molecule has 0 spiro atoms. The van der Waals surface area contributed by atoms with Gasteiger partial charge in [-0.15, -0.1) is 0 Å². The van der Waals surface area contributed by atoms with Crippen LogP contribution in [-0.2, 0) is 0 Å². The molecule has 6 heteroatoms. The molecule has 2 N–H and O–H groups in total. The van der Waals surface area contributed by atoms with Crippen molar-refractivity contribution < 1.29 is 4.52 Å². The van der Waals surface area contributed by atoms with Crippen LogP contribution in [0.1, 0.15) is 11.4 Å². The van der Waals surface area contributed by atoms with Gasteiger partial charge in [0, 0.05) is 16.1 Å². The van der Waals surface area contributed by atoms with Crippen LogP contribution in [0.4, 0.5) is 5.88 Å². The van der Waals surface area contributed by atoms with E-state index in [-0.39, 0.29) is 5.88 Å². The molecule has 0 aliphatic heterocycles. The van der Waals surface area contributed by atoms with E-state index in [9.17, 15) is 0 Å². The van der Waals surface area contributed by atoms with Gasteiger partial charge in [-0.3, -0.25) is 0 Å². The zero-order valence-corrected chi connectivity index (χ0v) is 12.3. The molecule has 2 heterocycles. The molecule has 2 aromatic heterocycles. The van der Waals surface area contributed by atoms with Gasteiger partial charge in [-0.2, -0.15) is 10.2 Å². The number of hydrogen-bond acceptors (Lipinski definition) is 5. The second kappa shape index (κ2) is 5.18. The van der Waals surface area contributed by atoms with Gasteiger partial charge in [0.1, 0.15) is 5.69 Å². The van der Waals surface area contributed by atoms with Crippen LogP contribution < -0.4 is 5.73 Å². The molecule has 0 atom stereocenters. The number of anilines is 1. The van der Waals surface area contributed by atoms with E-state index in [4.69, 9.17) is 21.9 Å². The first kappa shape index (κ1) is 13.6. The molecular weight excluding hydrogens is 288 g/mol. The lowest BCUT2D eigenvalue weighted by Gasteiger charge is -2.07. The summed E-state index contributed by atoms with van der Waals surface area (Å²) in [5.41, 5.74) is 10.4. The fourth-order valence-corrected chi connectivity index (χ4v) is 2.43. The summed E-state index contributed by atoms with van der Waals surface area (Å²) < 4.78 is 5.18. The van der Waals surface area contributed by atoms with Crippen molar-refractivity contribution in [3.63, 3.8) is 0 Å². The van der Waals surface area contributed by atoms with Crippen molar-refractivity contribution in [1.29, 1.82) is 0 Å². The number of nitrogens with two attached hydrogens (primary N) is 1. The number of halogens is 1. The van der Waals surface area contributed by atoms with Crippen LogP contribution >= 0.6 is 11.6 Å². The molecule has 5 nitrogen and oxygen atoms in total. The maximum absolute atomic E-state index is 6.27. The van der Waals surface area contributed by atoms with Crippen LogP contribution in [0, 0.1) is 13.8 Å². The van der Waals surface area contributed by atoms with E-state index in [1.807, 2.05) is 38.1 Å². The summed E-state index contributed by atoms with van der Waals surface area (Å²) in [5.74, 6) is 0.229. The quantitative estimate of drug-likeness (QED) is 0.781. The molecule has 21 heavy (non-hydrogen) atoms. The second-order valence-corrected chi connectivity index (χ2v) is 5.14. The Morgan fingerprint density at radius 2 is 1.86 bits per heavy atom. The minimum Gasteiger partial charge on any atom is -0.367 e. The summed E-state index contributed by atoms with van der Waals surface area (Å²) in [5, 5.41) is 12.8. The van der Waals surface area contributed by atoms with Gasteiger partial charge in [-0.1, -0.05) is 35.0 Å². The molecular formula is C15H13ClN4O. The van der Waals surface area contributed by atoms with Gasteiger partial charge in [-0.25, -0.2) is 0 Å². The van der Waals surface area contributed by atoms with Gasteiger partial charge in [0.05, 0.1) is 17.0 Å². The van der Waals surface area contributed by atoms with Gasteiger partial charge in [0.25, 0.3) is 0 Å². The third-order valence-electron chi connectivity index (χ3n) is 3.22. The van der Waals surface area contributed by atoms with Crippen LogP contribution in [0.3, 0.4) is 0 Å². The fraction of sp³-hybridized carbons (Fsp3) is 0.133. The summed E-state index contributed by atoms with van der Waals surface area (Å²) in [6, 6.07) is 9.33. The van der Waals surface area contributed by atoms with Crippen LogP contribution in [0.5, 0.6) is 0 Å². The van der Waals surface area contributed by atoms with Crippen LogP contribution in [0.2, 0.25) is 5.02 Å². The Bertz CT molecular complexity index is 813. The summed E-state index contributed by atoms with van der Waals surface area (Å²) in [6.07, 6.45) is 0. The molecule has 1 aromatic carbocycles. The minimum absolute atomic E-state index is 0.229. The summed E-state index contributed by atoms with van der Waals surface area (Å²) in [4.78, 5) is 0. The SMILES string of the molecule is Cc1cc(-c2noc(N)c2-c2ccccc2Cl)c(C)nn1. The average Bonchev–Trinajstić information content (AvgIpc) is 2.84. The number of nitrogen functional groups attached to an aromatic ring is 1. The van der Waals surface area contributed by atoms with E-state index in [0.717, 1.165) is 22.5 Å². The maximum Gasteiger partial charge on any atom is 0.230 e. The first-order chi connectivity index (χ1) is 10.1. The smallest absolute Gasteiger partial charge is 0.230 e.